The SMILES string of the molecule is COc1cccc(C(C)NC(=O)c2cn[nH]c2)c1. The van der Waals surface area contributed by atoms with Crippen molar-refractivity contribution < 1.29 is 9.53 Å². The number of hydrogen-bond donors (Lipinski definition) is 2. The van der Waals surface area contributed by atoms with Crippen molar-refractivity contribution in [3.8, 4) is 5.75 Å². The quantitative estimate of drug-likeness (QED) is 0.864. The van der Waals surface area contributed by atoms with Crippen LogP contribution in [0.3, 0.4) is 0 Å². The predicted octanol–water partition coefficient (Wildman–Crippen LogP) is 1.91. The van der Waals surface area contributed by atoms with Crippen LogP contribution in [0.1, 0.15) is 28.9 Å². The number of nitrogens with one attached hydrogen (secondary N) is 2. The van der Waals surface area contributed by atoms with Gasteiger partial charge in [-0.15, -0.1) is 0 Å². The second kappa shape index (κ2) is 5.35. The van der Waals surface area contributed by atoms with E-state index < -0.39 is 0 Å². The average Bonchev–Trinajstić information content (AvgIpc) is 2.92. The van der Waals surface area contributed by atoms with E-state index in [1.807, 2.05) is 31.2 Å². The van der Waals surface area contributed by atoms with E-state index in [2.05, 4.69) is 15.5 Å². The van der Waals surface area contributed by atoms with Crippen molar-refractivity contribution in [2.75, 3.05) is 7.11 Å². The molecular formula is C13H15N3O2. The maximum atomic E-state index is 11.8. The summed E-state index contributed by atoms with van der Waals surface area (Å²) in [5, 5.41) is 9.25. The van der Waals surface area contributed by atoms with Crippen molar-refractivity contribution in [2.24, 2.45) is 0 Å². The molecule has 1 amide bonds. The van der Waals surface area contributed by atoms with Gasteiger partial charge in [-0.2, -0.15) is 5.10 Å². The lowest BCUT2D eigenvalue weighted by molar-refractivity contribution is 0.0940. The van der Waals surface area contributed by atoms with E-state index in [0.29, 0.717) is 5.56 Å². The van der Waals surface area contributed by atoms with Crippen molar-refractivity contribution in [1.82, 2.24) is 15.5 Å². The number of rotatable bonds is 4. The van der Waals surface area contributed by atoms with E-state index in [-0.39, 0.29) is 11.9 Å². The zero-order valence-electron chi connectivity index (χ0n) is 10.3. The van der Waals surface area contributed by atoms with Crippen LogP contribution in [0.25, 0.3) is 0 Å². The minimum Gasteiger partial charge on any atom is -0.497 e. The highest BCUT2D eigenvalue weighted by molar-refractivity contribution is 5.93. The maximum absolute atomic E-state index is 11.8. The minimum atomic E-state index is -0.154. The fourth-order valence-electron chi connectivity index (χ4n) is 1.65. The molecule has 1 aromatic carbocycles. The standard InChI is InChI=1S/C13H15N3O2/c1-9(10-4-3-5-12(6-10)18-2)16-13(17)11-7-14-15-8-11/h3-9H,1-2H3,(H,14,15)(H,16,17). The van der Waals surface area contributed by atoms with Crippen LogP contribution in [0, 0.1) is 0 Å². The molecule has 0 aliphatic rings. The Morgan fingerprint density at radius 2 is 2.33 bits per heavy atom. The molecule has 18 heavy (non-hydrogen) atoms. The molecule has 2 aromatic rings. The van der Waals surface area contributed by atoms with Crippen LogP contribution in [-0.2, 0) is 0 Å². The third-order valence-electron chi connectivity index (χ3n) is 2.70. The molecule has 0 radical (unpaired) electrons. The van der Waals surface area contributed by atoms with E-state index in [1.165, 1.54) is 6.20 Å². The lowest BCUT2D eigenvalue weighted by Gasteiger charge is -2.14. The van der Waals surface area contributed by atoms with Crippen LogP contribution >= 0.6 is 0 Å². The zero-order chi connectivity index (χ0) is 13.0. The summed E-state index contributed by atoms with van der Waals surface area (Å²) in [6.07, 6.45) is 3.06. The molecule has 94 valence electrons. The summed E-state index contributed by atoms with van der Waals surface area (Å²) < 4.78 is 5.15. The Hall–Kier alpha value is -2.30. The highest BCUT2D eigenvalue weighted by Gasteiger charge is 2.12. The molecule has 1 unspecified atom stereocenters. The van der Waals surface area contributed by atoms with Gasteiger partial charge in [0.05, 0.1) is 24.9 Å². The molecule has 0 saturated heterocycles. The number of carbonyl (C=O) groups excluding carboxylic acids is 1. The number of hydrogen-bond acceptors (Lipinski definition) is 3. The number of aromatic nitrogens is 2. The summed E-state index contributed by atoms with van der Waals surface area (Å²) in [5.74, 6) is 0.621. The second-order valence-corrected chi connectivity index (χ2v) is 3.96. The van der Waals surface area contributed by atoms with E-state index >= 15 is 0 Å². The van der Waals surface area contributed by atoms with E-state index in [1.54, 1.807) is 13.3 Å². The fourth-order valence-corrected chi connectivity index (χ4v) is 1.65. The van der Waals surface area contributed by atoms with Crippen LogP contribution < -0.4 is 10.1 Å². The molecule has 0 aliphatic carbocycles. The average molecular weight is 245 g/mol. The fraction of sp³-hybridized carbons (Fsp3) is 0.231. The van der Waals surface area contributed by atoms with Crippen molar-refractivity contribution in [2.45, 2.75) is 13.0 Å². The Bertz CT molecular complexity index is 523. The molecule has 5 heteroatoms. The number of methoxy groups -OCH3 is 1. The molecule has 1 heterocycles. The van der Waals surface area contributed by atoms with Crippen LogP contribution in [0.2, 0.25) is 0 Å². The van der Waals surface area contributed by atoms with Gasteiger partial charge >= 0.3 is 0 Å². The Balaban J connectivity index is 2.07. The third-order valence-corrected chi connectivity index (χ3v) is 2.70. The van der Waals surface area contributed by atoms with Gasteiger partial charge in [-0.25, -0.2) is 0 Å². The van der Waals surface area contributed by atoms with Crippen LogP contribution in [0.15, 0.2) is 36.7 Å². The number of nitrogens with zero attached hydrogens (tertiary/aromatic N) is 1. The first-order valence-corrected chi connectivity index (χ1v) is 5.64. The molecule has 5 nitrogen and oxygen atoms in total. The summed E-state index contributed by atoms with van der Waals surface area (Å²) in [5.41, 5.74) is 1.51. The Labute approximate surface area is 105 Å². The van der Waals surface area contributed by atoms with Gasteiger partial charge in [-0.05, 0) is 24.6 Å². The lowest BCUT2D eigenvalue weighted by Crippen LogP contribution is -2.26. The van der Waals surface area contributed by atoms with E-state index in [9.17, 15) is 4.79 Å². The minimum absolute atomic E-state index is 0.0949. The summed E-state index contributed by atoms with van der Waals surface area (Å²) in [6.45, 7) is 1.92. The third kappa shape index (κ3) is 2.68. The Kier molecular flexibility index (Phi) is 3.62. The van der Waals surface area contributed by atoms with Gasteiger partial charge in [0.25, 0.3) is 5.91 Å². The molecule has 2 N–H and O–H groups in total. The first-order chi connectivity index (χ1) is 8.70. The number of carbonyl (C=O) groups is 1. The largest absolute Gasteiger partial charge is 0.497 e. The van der Waals surface area contributed by atoms with Crippen molar-refractivity contribution in [1.29, 1.82) is 0 Å². The van der Waals surface area contributed by atoms with Gasteiger partial charge in [0, 0.05) is 6.20 Å². The molecule has 0 bridgehead atoms. The molecule has 0 spiro atoms. The Morgan fingerprint density at radius 3 is 3.00 bits per heavy atom. The summed E-state index contributed by atoms with van der Waals surface area (Å²) in [7, 11) is 1.62. The molecule has 0 saturated carbocycles. The highest BCUT2D eigenvalue weighted by atomic mass is 16.5. The smallest absolute Gasteiger partial charge is 0.254 e. The zero-order valence-corrected chi connectivity index (χ0v) is 10.3. The van der Waals surface area contributed by atoms with Gasteiger partial charge in [-0.1, -0.05) is 12.1 Å². The van der Waals surface area contributed by atoms with Gasteiger partial charge in [-0.3, -0.25) is 9.89 Å². The predicted molar refractivity (Wildman–Crippen MR) is 67.5 cm³/mol. The normalized spacial score (nSPS) is 11.9. The van der Waals surface area contributed by atoms with Gasteiger partial charge in [0.2, 0.25) is 0 Å². The monoisotopic (exact) mass is 245 g/mol. The van der Waals surface area contributed by atoms with E-state index in [4.69, 9.17) is 4.74 Å². The summed E-state index contributed by atoms with van der Waals surface area (Å²) in [6, 6.07) is 7.52. The van der Waals surface area contributed by atoms with Crippen molar-refractivity contribution in [3.63, 3.8) is 0 Å². The van der Waals surface area contributed by atoms with Crippen LogP contribution in [-0.4, -0.2) is 23.2 Å². The summed E-state index contributed by atoms with van der Waals surface area (Å²) >= 11 is 0. The number of amides is 1. The highest BCUT2D eigenvalue weighted by Crippen LogP contribution is 2.18. The van der Waals surface area contributed by atoms with Crippen LogP contribution in [0.4, 0.5) is 0 Å². The van der Waals surface area contributed by atoms with Gasteiger partial charge in [0.15, 0.2) is 0 Å². The maximum Gasteiger partial charge on any atom is 0.254 e. The van der Waals surface area contributed by atoms with Gasteiger partial charge in [0.1, 0.15) is 5.75 Å². The number of ether oxygens (including phenoxy) is 1. The number of H-pyrrole nitrogens is 1. The van der Waals surface area contributed by atoms with E-state index in [0.717, 1.165) is 11.3 Å². The second-order valence-electron chi connectivity index (χ2n) is 3.96. The summed E-state index contributed by atoms with van der Waals surface area (Å²) in [4.78, 5) is 11.8. The molecule has 0 aliphatic heterocycles. The topological polar surface area (TPSA) is 67.0 Å². The number of aromatic amines is 1. The molecule has 0 fully saturated rings. The molecule has 1 atom stereocenters. The molecule has 1 aromatic heterocycles. The lowest BCUT2D eigenvalue weighted by atomic mass is 10.1. The van der Waals surface area contributed by atoms with Crippen LogP contribution in [0.5, 0.6) is 5.75 Å². The first kappa shape index (κ1) is 12.2. The van der Waals surface area contributed by atoms with Gasteiger partial charge < -0.3 is 10.1 Å². The van der Waals surface area contributed by atoms with Crippen molar-refractivity contribution in [3.05, 3.63) is 47.8 Å². The van der Waals surface area contributed by atoms with Crippen molar-refractivity contribution >= 4 is 5.91 Å². The number of benzene rings is 1. The Morgan fingerprint density at radius 1 is 1.50 bits per heavy atom. The first-order valence-electron chi connectivity index (χ1n) is 5.64. The molecular weight excluding hydrogens is 230 g/mol. The molecule has 2 rings (SSSR count).